The van der Waals surface area contributed by atoms with Gasteiger partial charge in [-0.25, -0.2) is 0 Å². The van der Waals surface area contributed by atoms with Crippen LogP contribution in [0.5, 0.6) is 0 Å². The Labute approximate surface area is 190 Å². The van der Waals surface area contributed by atoms with Crippen molar-refractivity contribution >= 4 is 20.7 Å². The van der Waals surface area contributed by atoms with Gasteiger partial charge < -0.3 is 27.7 Å². The van der Waals surface area contributed by atoms with Gasteiger partial charge in [-0.3, -0.25) is 9.59 Å². The van der Waals surface area contributed by atoms with E-state index in [1.54, 1.807) is 0 Å². The fraction of sp³-hybridized carbons (Fsp3) is 0.909. The molecule has 1 atom stereocenters. The van der Waals surface area contributed by atoms with E-state index < -0.39 is 8.80 Å². The molecule has 0 aromatic rings. The van der Waals surface area contributed by atoms with E-state index in [0.717, 1.165) is 38.9 Å². The maximum absolute atomic E-state index is 11.7. The lowest BCUT2D eigenvalue weighted by atomic mass is 10.2. The van der Waals surface area contributed by atoms with Gasteiger partial charge >= 0.3 is 20.7 Å². The minimum absolute atomic E-state index is 0.143. The lowest BCUT2D eigenvalue weighted by Crippen LogP contribution is -2.50. The Hall–Kier alpha value is -1.00. The Morgan fingerprint density at radius 2 is 1.13 bits per heavy atom. The van der Waals surface area contributed by atoms with Crippen LogP contribution in [0.15, 0.2) is 0 Å². The van der Waals surface area contributed by atoms with Crippen LogP contribution in [-0.2, 0) is 32.3 Å². The molecule has 0 bridgehead atoms. The van der Waals surface area contributed by atoms with Gasteiger partial charge in [0, 0.05) is 38.2 Å². The third-order valence-electron chi connectivity index (χ3n) is 4.84. The zero-order chi connectivity index (χ0) is 23.5. The lowest BCUT2D eigenvalue weighted by Gasteiger charge is -2.34. The molecule has 184 valence electrons. The Kier molecular flexibility index (Phi) is 18.0. The van der Waals surface area contributed by atoms with Crippen molar-refractivity contribution in [1.29, 1.82) is 0 Å². The summed E-state index contributed by atoms with van der Waals surface area (Å²) in [7, 11) is -2.76. The first kappa shape index (κ1) is 30.0. The molecule has 0 amide bonds. The third kappa shape index (κ3) is 13.2. The maximum atomic E-state index is 11.7. The monoisotopic (exact) mass is 463 g/mol. The minimum Gasteiger partial charge on any atom is -0.466 e. The van der Waals surface area contributed by atoms with E-state index in [0.29, 0.717) is 45.9 Å². The van der Waals surface area contributed by atoms with Crippen molar-refractivity contribution in [3.63, 3.8) is 0 Å². The van der Waals surface area contributed by atoms with Crippen LogP contribution in [0.3, 0.4) is 0 Å². The van der Waals surface area contributed by atoms with Gasteiger partial charge in [-0.15, -0.1) is 0 Å². The number of esters is 2. The smallest absolute Gasteiger partial charge is 0.466 e. The molecular formula is C22H45NO7Si. The van der Waals surface area contributed by atoms with Crippen LogP contribution in [0.1, 0.15) is 73.6 Å². The highest BCUT2D eigenvalue weighted by Gasteiger charge is 2.46. The quantitative estimate of drug-likeness (QED) is 0.199. The van der Waals surface area contributed by atoms with Crippen LogP contribution in [0.2, 0.25) is 5.54 Å². The highest BCUT2D eigenvalue weighted by Crippen LogP contribution is 2.29. The molecule has 0 heterocycles. The van der Waals surface area contributed by atoms with Crippen LogP contribution >= 0.6 is 0 Å². The topological polar surface area (TPSA) is 83.5 Å². The second-order valence-electron chi connectivity index (χ2n) is 7.25. The average molecular weight is 464 g/mol. The summed E-state index contributed by atoms with van der Waals surface area (Å²) in [5.74, 6) is -0.337. The average Bonchev–Trinajstić information content (AvgIpc) is 2.72. The molecule has 0 rings (SSSR count). The first-order chi connectivity index (χ1) is 14.9. The van der Waals surface area contributed by atoms with E-state index in [1.807, 2.05) is 34.6 Å². The first-order valence-corrected chi connectivity index (χ1v) is 13.6. The van der Waals surface area contributed by atoms with E-state index in [2.05, 4.69) is 11.8 Å². The summed E-state index contributed by atoms with van der Waals surface area (Å²) in [6, 6.07) is 0. The number of carbonyl (C=O) groups is 2. The molecule has 0 fully saturated rings. The van der Waals surface area contributed by atoms with Crippen molar-refractivity contribution in [3.05, 3.63) is 0 Å². The zero-order valence-corrected chi connectivity index (χ0v) is 21.6. The molecule has 0 spiro atoms. The molecule has 8 nitrogen and oxygen atoms in total. The summed E-state index contributed by atoms with van der Waals surface area (Å²) in [6.07, 6.45) is 3.08. The van der Waals surface area contributed by atoms with Crippen molar-refractivity contribution < 1.29 is 32.3 Å². The second-order valence-corrected chi connectivity index (χ2v) is 10.3. The van der Waals surface area contributed by atoms with Crippen LogP contribution in [-0.4, -0.2) is 78.3 Å². The molecular weight excluding hydrogens is 418 g/mol. The zero-order valence-electron chi connectivity index (χ0n) is 20.6. The Balaban J connectivity index is 4.90. The van der Waals surface area contributed by atoms with Gasteiger partial charge in [0.1, 0.15) is 0 Å². The summed E-state index contributed by atoms with van der Waals surface area (Å²) < 4.78 is 28.2. The molecule has 0 aromatic carbocycles. The standard InChI is InChI=1S/C22H45NO7Si/c1-7-26-21(24)14-12-17-23(18-13-15-22(25)27-8-2)19-16-20(6)31(28-9-3,29-10-4)30-11-5/h20H,7-19H2,1-6H3. The molecule has 0 aromatic heterocycles. The fourth-order valence-corrected chi connectivity index (χ4v) is 6.20. The van der Waals surface area contributed by atoms with Crippen LogP contribution in [0.25, 0.3) is 0 Å². The largest absolute Gasteiger partial charge is 0.503 e. The Morgan fingerprint density at radius 3 is 1.48 bits per heavy atom. The SMILES string of the molecule is CCOC(=O)CCCN(CCCC(=O)OCC)CCC(C)[Si](OCC)(OCC)OCC. The summed E-state index contributed by atoms with van der Waals surface area (Å²) in [6.45, 7) is 16.4. The van der Waals surface area contributed by atoms with Gasteiger partial charge in [-0.2, -0.15) is 0 Å². The number of hydrogen-bond acceptors (Lipinski definition) is 8. The Morgan fingerprint density at radius 1 is 0.710 bits per heavy atom. The fourth-order valence-electron chi connectivity index (χ4n) is 3.40. The summed E-state index contributed by atoms with van der Waals surface area (Å²) in [5, 5.41) is 0. The predicted octanol–water partition coefficient (Wildman–Crippen LogP) is 3.80. The second kappa shape index (κ2) is 18.6. The number of rotatable bonds is 20. The summed E-state index contributed by atoms with van der Waals surface area (Å²) in [4.78, 5) is 25.6. The van der Waals surface area contributed by atoms with Gasteiger partial charge in [0.2, 0.25) is 0 Å². The third-order valence-corrected chi connectivity index (χ3v) is 8.41. The van der Waals surface area contributed by atoms with Gasteiger partial charge in [-0.1, -0.05) is 6.92 Å². The summed E-state index contributed by atoms with van der Waals surface area (Å²) in [5.41, 5.74) is 0.143. The molecule has 0 aliphatic rings. The van der Waals surface area contributed by atoms with Gasteiger partial charge in [-0.05, 0) is 73.5 Å². The van der Waals surface area contributed by atoms with E-state index >= 15 is 0 Å². The lowest BCUT2D eigenvalue weighted by molar-refractivity contribution is -0.144. The van der Waals surface area contributed by atoms with Crippen molar-refractivity contribution in [2.45, 2.75) is 79.2 Å². The highest BCUT2D eigenvalue weighted by atomic mass is 28.4. The molecule has 0 radical (unpaired) electrons. The summed E-state index contributed by atoms with van der Waals surface area (Å²) >= 11 is 0. The maximum Gasteiger partial charge on any atom is 0.503 e. The molecule has 1 unspecified atom stereocenters. The number of nitrogens with zero attached hydrogens (tertiary/aromatic N) is 1. The van der Waals surface area contributed by atoms with Gasteiger partial charge in [0.25, 0.3) is 0 Å². The van der Waals surface area contributed by atoms with Crippen molar-refractivity contribution in [2.75, 3.05) is 52.7 Å². The van der Waals surface area contributed by atoms with E-state index in [-0.39, 0.29) is 17.5 Å². The number of carbonyl (C=O) groups excluding carboxylic acids is 2. The predicted molar refractivity (Wildman–Crippen MR) is 123 cm³/mol. The van der Waals surface area contributed by atoms with Gasteiger partial charge in [0.15, 0.2) is 0 Å². The van der Waals surface area contributed by atoms with E-state index in [9.17, 15) is 9.59 Å². The van der Waals surface area contributed by atoms with Crippen molar-refractivity contribution in [1.82, 2.24) is 4.90 Å². The van der Waals surface area contributed by atoms with Crippen LogP contribution < -0.4 is 0 Å². The number of ether oxygens (including phenoxy) is 2. The normalized spacial score (nSPS) is 12.7. The molecule has 9 heteroatoms. The molecule has 0 saturated heterocycles. The molecule has 0 aliphatic heterocycles. The number of hydrogen-bond donors (Lipinski definition) is 0. The molecule has 0 N–H and O–H groups in total. The van der Waals surface area contributed by atoms with Crippen molar-refractivity contribution in [2.24, 2.45) is 0 Å². The molecule has 31 heavy (non-hydrogen) atoms. The van der Waals surface area contributed by atoms with Crippen LogP contribution in [0, 0.1) is 0 Å². The van der Waals surface area contributed by atoms with E-state index in [4.69, 9.17) is 22.8 Å². The minimum atomic E-state index is -2.76. The molecule has 0 saturated carbocycles. The van der Waals surface area contributed by atoms with Crippen molar-refractivity contribution in [3.8, 4) is 0 Å². The first-order valence-electron chi connectivity index (χ1n) is 11.8. The molecule has 0 aliphatic carbocycles. The highest BCUT2D eigenvalue weighted by molar-refractivity contribution is 6.62. The van der Waals surface area contributed by atoms with E-state index in [1.165, 1.54) is 0 Å². The Bertz CT molecular complexity index is 438. The van der Waals surface area contributed by atoms with Crippen LogP contribution in [0.4, 0.5) is 0 Å². The van der Waals surface area contributed by atoms with Gasteiger partial charge in [0.05, 0.1) is 13.2 Å².